The van der Waals surface area contributed by atoms with Crippen LogP contribution < -0.4 is 10.6 Å². The van der Waals surface area contributed by atoms with Gasteiger partial charge in [-0.15, -0.1) is 0 Å². The Bertz CT molecular complexity index is 432. The molecule has 2 unspecified atom stereocenters. The standard InChI is InChI=1S/C12H18N4O2/c1-8-4-5-16(7-10(8)17)11-3-2-9(6-14-11)12(13)15-18/h2-3,6,8,10,17-18H,4-5,7H2,1H3,(H2,13,15). The van der Waals surface area contributed by atoms with Gasteiger partial charge in [0.1, 0.15) is 5.82 Å². The van der Waals surface area contributed by atoms with Crippen LogP contribution in [0.2, 0.25) is 0 Å². The van der Waals surface area contributed by atoms with E-state index in [-0.39, 0.29) is 11.9 Å². The number of piperidine rings is 1. The molecule has 0 aromatic carbocycles. The number of nitrogens with two attached hydrogens (primary N) is 1. The SMILES string of the molecule is CC1CCN(c2ccc(/C(N)=N/O)cn2)CC1O. The van der Waals surface area contributed by atoms with Gasteiger partial charge in [-0.25, -0.2) is 4.98 Å². The molecule has 6 nitrogen and oxygen atoms in total. The molecule has 1 aliphatic heterocycles. The molecule has 0 spiro atoms. The van der Waals surface area contributed by atoms with Crippen LogP contribution >= 0.6 is 0 Å². The maximum atomic E-state index is 9.85. The van der Waals surface area contributed by atoms with Crippen LogP contribution in [0.4, 0.5) is 5.82 Å². The van der Waals surface area contributed by atoms with E-state index in [1.165, 1.54) is 0 Å². The number of aromatic nitrogens is 1. The van der Waals surface area contributed by atoms with Crippen molar-refractivity contribution in [2.45, 2.75) is 19.4 Å². The molecule has 0 bridgehead atoms. The van der Waals surface area contributed by atoms with Crippen LogP contribution in [-0.2, 0) is 0 Å². The van der Waals surface area contributed by atoms with E-state index >= 15 is 0 Å². The largest absolute Gasteiger partial charge is 0.409 e. The Labute approximate surface area is 106 Å². The number of hydrogen-bond donors (Lipinski definition) is 3. The van der Waals surface area contributed by atoms with Crippen LogP contribution in [-0.4, -0.2) is 40.3 Å². The zero-order chi connectivity index (χ0) is 13.1. The van der Waals surface area contributed by atoms with Crippen LogP contribution in [0.25, 0.3) is 0 Å². The molecule has 1 fully saturated rings. The summed E-state index contributed by atoms with van der Waals surface area (Å²) in [6.07, 6.45) is 2.20. The topological polar surface area (TPSA) is 95.0 Å². The van der Waals surface area contributed by atoms with Gasteiger partial charge in [0, 0.05) is 24.8 Å². The molecular formula is C12H18N4O2. The van der Waals surface area contributed by atoms with Gasteiger partial charge in [-0.2, -0.15) is 0 Å². The fourth-order valence-corrected chi connectivity index (χ4v) is 2.04. The monoisotopic (exact) mass is 250 g/mol. The van der Waals surface area contributed by atoms with Crippen LogP contribution in [0.3, 0.4) is 0 Å². The molecule has 0 radical (unpaired) electrons. The number of rotatable bonds is 2. The Morgan fingerprint density at radius 2 is 2.33 bits per heavy atom. The third-order valence-corrected chi connectivity index (χ3v) is 3.39. The molecule has 1 aromatic rings. The average Bonchev–Trinajstić information content (AvgIpc) is 2.41. The molecule has 1 aromatic heterocycles. The zero-order valence-corrected chi connectivity index (χ0v) is 10.3. The van der Waals surface area contributed by atoms with Crippen molar-refractivity contribution >= 4 is 11.7 Å². The van der Waals surface area contributed by atoms with Gasteiger partial charge in [0.25, 0.3) is 0 Å². The molecule has 18 heavy (non-hydrogen) atoms. The summed E-state index contributed by atoms with van der Waals surface area (Å²) in [5, 5.41) is 21.3. The van der Waals surface area contributed by atoms with E-state index in [1.54, 1.807) is 12.3 Å². The van der Waals surface area contributed by atoms with Crippen molar-refractivity contribution in [2.75, 3.05) is 18.0 Å². The first-order valence-electron chi connectivity index (χ1n) is 5.98. The normalized spacial score (nSPS) is 25.2. The number of amidine groups is 1. The molecule has 0 amide bonds. The van der Waals surface area contributed by atoms with E-state index in [0.717, 1.165) is 18.8 Å². The number of anilines is 1. The lowest BCUT2D eigenvalue weighted by molar-refractivity contribution is 0.102. The first-order valence-corrected chi connectivity index (χ1v) is 5.98. The van der Waals surface area contributed by atoms with E-state index in [2.05, 4.69) is 17.1 Å². The van der Waals surface area contributed by atoms with Crippen LogP contribution in [0.1, 0.15) is 18.9 Å². The Hall–Kier alpha value is -1.82. The number of aliphatic hydroxyl groups is 1. The van der Waals surface area contributed by atoms with E-state index in [4.69, 9.17) is 10.9 Å². The first-order chi connectivity index (χ1) is 8.61. The molecular weight excluding hydrogens is 232 g/mol. The third kappa shape index (κ3) is 2.53. The fourth-order valence-electron chi connectivity index (χ4n) is 2.04. The summed E-state index contributed by atoms with van der Waals surface area (Å²) in [6.45, 7) is 3.53. The minimum atomic E-state index is -0.315. The van der Waals surface area contributed by atoms with Gasteiger partial charge in [0.05, 0.1) is 6.10 Å². The molecule has 0 saturated carbocycles. The highest BCUT2D eigenvalue weighted by Crippen LogP contribution is 2.21. The van der Waals surface area contributed by atoms with E-state index < -0.39 is 0 Å². The number of oxime groups is 1. The fraction of sp³-hybridized carbons (Fsp3) is 0.500. The smallest absolute Gasteiger partial charge is 0.171 e. The summed E-state index contributed by atoms with van der Waals surface area (Å²) in [5.74, 6) is 1.18. The van der Waals surface area contributed by atoms with Crippen LogP contribution in [0.5, 0.6) is 0 Å². The lowest BCUT2D eigenvalue weighted by Crippen LogP contribution is -2.43. The van der Waals surface area contributed by atoms with E-state index in [0.29, 0.717) is 18.0 Å². The molecule has 1 saturated heterocycles. The maximum Gasteiger partial charge on any atom is 0.171 e. The van der Waals surface area contributed by atoms with Crippen molar-refractivity contribution in [1.82, 2.24) is 4.98 Å². The van der Waals surface area contributed by atoms with Crippen LogP contribution in [0, 0.1) is 5.92 Å². The Morgan fingerprint density at radius 1 is 1.56 bits per heavy atom. The summed E-state index contributed by atoms with van der Waals surface area (Å²) >= 11 is 0. The van der Waals surface area contributed by atoms with Crippen molar-refractivity contribution < 1.29 is 10.3 Å². The molecule has 4 N–H and O–H groups in total. The van der Waals surface area contributed by atoms with Gasteiger partial charge in [0.2, 0.25) is 0 Å². The summed E-state index contributed by atoms with van der Waals surface area (Å²) in [4.78, 5) is 6.32. The van der Waals surface area contributed by atoms with Gasteiger partial charge in [0.15, 0.2) is 5.84 Å². The number of pyridine rings is 1. The highest BCUT2D eigenvalue weighted by Gasteiger charge is 2.24. The van der Waals surface area contributed by atoms with Gasteiger partial charge in [-0.3, -0.25) is 0 Å². The highest BCUT2D eigenvalue weighted by molar-refractivity contribution is 5.96. The zero-order valence-electron chi connectivity index (χ0n) is 10.3. The second kappa shape index (κ2) is 5.22. The number of aliphatic hydroxyl groups excluding tert-OH is 1. The summed E-state index contributed by atoms with van der Waals surface area (Å²) in [5.41, 5.74) is 6.05. The Morgan fingerprint density at radius 3 is 2.89 bits per heavy atom. The van der Waals surface area contributed by atoms with Gasteiger partial charge >= 0.3 is 0 Å². The summed E-state index contributed by atoms with van der Waals surface area (Å²) < 4.78 is 0. The van der Waals surface area contributed by atoms with Crippen molar-refractivity contribution in [3.05, 3.63) is 23.9 Å². The molecule has 0 aliphatic carbocycles. The van der Waals surface area contributed by atoms with Gasteiger partial charge in [-0.05, 0) is 24.5 Å². The lowest BCUT2D eigenvalue weighted by atomic mass is 9.96. The molecule has 98 valence electrons. The Kier molecular flexibility index (Phi) is 3.66. The maximum absolute atomic E-state index is 9.85. The number of nitrogens with zero attached hydrogens (tertiary/aromatic N) is 3. The molecule has 1 aliphatic rings. The Balaban J connectivity index is 2.10. The predicted octanol–water partition coefficient (Wildman–Crippen LogP) is 0.383. The van der Waals surface area contributed by atoms with Crippen molar-refractivity contribution in [3.63, 3.8) is 0 Å². The summed E-state index contributed by atoms with van der Waals surface area (Å²) in [7, 11) is 0. The quantitative estimate of drug-likeness (QED) is 0.305. The lowest BCUT2D eigenvalue weighted by Gasteiger charge is -2.35. The third-order valence-electron chi connectivity index (χ3n) is 3.39. The van der Waals surface area contributed by atoms with Gasteiger partial charge < -0.3 is 20.9 Å². The minimum absolute atomic E-state index is 0.0429. The molecule has 2 rings (SSSR count). The van der Waals surface area contributed by atoms with Crippen LogP contribution in [0.15, 0.2) is 23.5 Å². The van der Waals surface area contributed by atoms with E-state index in [9.17, 15) is 5.11 Å². The molecule has 2 heterocycles. The second-order valence-electron chi connectivity index (χ2n) is 4.67. The minimum Gasteiger partial charge on any atom is -0.409 e. The highest BCUT2D eigenvalue weighted by atomic mass is 16.4. The van der Waals surface area contributed by atoms with Crippen molar-refractivity contribution in [1.29, 1.82) is 0 Å². The van der Waals surface area contributed by atoms with Crippen molar-refractivity contribution in [2.24, 2.45) is 16.8 Å². The predicted molar refractivity (Wildman–Crippen MR) is 68.7 cm³/mol. The number of β-amino-alcohol motifs (C(OH)–C–C–N with tert-alkyl or cyclic N) is 1. The van der Waals surface area contributed by atoms with Crippen molar-refractivity contribution in [3.8, 4) is 0 Å². The molecule has 2 atom stereocenters. The second-order valence-corrected chi connectivity index (χ2v) is 4.67. The molecule has 6 heteroatoms. The number of hydrogen-bond acceptors (Lipinski definition) is 5. The summed E-state index contributed by atoms with van der Waals surface area (Å²) in [6, 6.07) is 3.57. The average molecular weight is 250 g/mol. The van der Waals surface area contributed by atoms with Gasteiger partial charge in [-0.1, -0.05) is 12.1 Å². The first kappa shape index (κ1) is 12.6. The van der Waals surface area contributed by atoms with E-state index in [1.807, 2.05) is 11.0 Å².